The summed E-state index contributed by atoms with van der Waals surface area (Å²) in [7, 11) is 0. The van der Waals surface area contributed by atoms with Gasteiger partial charge >= 0.3 is 0 Å². The summed E-state index contributed by atoms with van der Waals surface area (Å²) < 4.78 is 12.7. The van der Waals surface area contributed by atoms with Gasteiger partial charge in [-0.15, -0.1) is 0 Å². The molecule has 0 aliphatic carbocycles. The minimum atomic E-state index is 0.734. The van der Waals surface area contributed by atoms with Crippen molar-refractivity contribution in [2.24, 2.45) is 0 Å². The Morgan fingerprint density at radius 2 is 0.966 bits per heavy atom. The van der Waals surface area contributed by atoms with Crippen molar-refractivity contribution in [1.82, 2.24) is 0 Å². The Morgan fingerprint density at radius 1 is 0.441 bits per heavy atom. The van der Waals surface area contributed by atoms with Gasteiger partial charge in [0.2, 0.25) is 0 Å². The minimum Gasteiger partial charge on any atom is -0.455 e. The van der Waals surface area contributed by atoms with Crippen molar-refractivity contribution >= 4 is 83.7 Å². The van der Waals surface area contributed by atoms with Gasteiger partial charge in [-0.25, -0.2) is 0 Å². The van der Waals surface area contributed by atoms with Crippen molar-refractivity contribution in [3.63, 3.8) is 0 Å². The molecule has 0 spiro atoms. The number of nitrogens with zero attached hydrogens (tertiary/aromatic N) is 1. The quantitative estimate of drug-likeness (QED) is 0.152. The first kappa shape index (κ1) is 34.4. The van der Waals surface area contributed by atoms with Crippen LogP contribution in [0.5, 0.6) is 0 Å². The maximum absolute atomic E-state index is 6.42. The summed E-state index contributed by atoms with van der Waals surface area (Å²) in [6.45, 7) is 8.54. The highest BCUT2D eigenvalue weighted by Gasteiger charge is 2.17. The molecule has 0 saturated heterocycles. The topological polar surface area (TPSA) is 29.5 Å². The third-order valence-corrected chi connectivity index (χ3v) is 11.6. The van der Waals surface area contributed by atoms with Crippen molar-refractivity contribution in [2.75, 3.05) is 4.90 Å². The number of fused-ring (bicyclic) bond motifs is 7. The van der Waals surface area contributed by atoms with Gasteiger partial charge in [0.25, 0.3) is 0 Å². The van der Waals surface area contributed by atoms with Gasteiger partial charge in [0.15, 0.2) is 0 Å². The fraction of sp³-hybridized carbons (Fsp3) is 0. The number of hydrogen-bond acceptors (Lipinski definition) is 3. The number of anilines is 3. The van der Waals surface area contributed by atoms with E-state index in [0.717, 1.165) is 82.9 Å². The van der Waals surface area contributed by atoms with Crippen LogP contribution in [0.2, 0.25) is 0 Å². The van der Waals surface area contributed by atoms with Crippen molar-refractivity contribution in [3.05, 3.63) is 223 Å². The second kappa shape index (κ2) is 13.9. The second-order valence-corrected chi connectivity index (χ2v) is 15.0. The molecule has 0 saturated carbocycles. The molecule has 0 amide bonds. The van der Waals surface area contributed by atoms with Gasteiger partial charge in [0.05, 0.1) is 0 Å². The van der Waals surface area contributed by atoms with E-state index in [1.807, 2.05) is 42.5 Å². The molecule has 3 nitrogen and oxygen atoms in total. The van der Waals surface area contributed by atoms with Gasteiger partial charge < -0.3 is 13.7 Å². The van der Waals surface area contributed by atoms with E-state index < -0.39 is 0 Å². The molecular weight excluding hydrogens is 719 g/mol. The largest absolute Gasteiger partial charge is 0.455 e. The van der Waals surface area contributed by atoms with Crippen LogP contribution in [0.15, 0.2) is 216 Å². The summed E-state index contributed by atoms with van der Waals surface area (Å²) in [6.07, 6.45) is 1.86. The van der Waals surface area contributed by atoms with Crippen LogP contribution in [0.25, 0.3) is 88.9 Å². The number of para-hydroxylation sites is 3. The summed E-state index contributed by atoms with van der Waals surface area (Å²) in [6, 6.07) is 68.6. The fourth-order valence-corrected chi connectivity index (χ4v) is 8.75. The molecule has 0 fully saturated rings. The van der Waals surface area contributed by atoms with Gasteiger partial charge in [0, 0.05) is 49.6 Å². The highest BCUT2D eigenvalue weighted by molar-refractivity contribution is 6.14. The fourth-order valence-electron chi connectivity index (χ4n) is 8.75. The molecule has 9 aromatic carbocycles. The van der Waals surface area contributed by atoms with Crippen LogP contribution in [-0.4, -0.2) is 0 Å². The predicted molar refractivity (Wildman–Crippen MR) is 248 cm³/mol. The summed E-state index contributed by atoms with van der Waals surface area (Å²) in [5.41, 5.74) is 12.9. The Balaban J connectivity index is 1.02. The molecule has 11 rings (SSSR count). The molecule has 0 aliphatic heterocycles. The van der Waals surface area contributed by atoms with Crippen LogP contribution in [0, 0.1) is 0 Å². The first-order chi connectivity index (χ1) is 29.1. The molecule has 0 N–H and O–H groups in total. The lowest BCUT2D eigenvalue weighted by Crippen LogP contribution is -2.21. The van der Waals surface area contributed by atoms with Gasteiger partial charge in [-0.1, -0.05) is 165 Å². The van der Waals surface area contributed by atoms with E-state index >= 15 is 0 Å². The van der Waals surface area contributed by atoms with Crippen molar-refractivity contribution in [1.29, 1.82) is 0 Å². The molecule has 2 aromatic heterocycles. The smallest absolute Gasteiger partial charge is 0.143 e. The average molecular weight is 756 g/mol. The van der Waals surface area contributed by atoms with Gasteiger partial charge in [0.1, 0.15) is 22.2 Å². The molecule has 0 bridgehead atoms. The number of hydrogen-bond donors (Lipinski definition) is 0. The summed E-state index contributed by atoms with van der Waals surface area (Å²) in [4.78, 5) is 2.30. The third-order valence-electron chi connectivity index (χ3n) is 11.6. The van der Waals surface area contributed by atoms with Crippen molar-refractivity contribution < 1.29 is 8.83 Å². The Labute approximate surface area is 341 Å². The lowest BCUT2D eigenvalue weighted by molar-refractivity contribution is 0.573. The normalized spacial score (nSPS) is 12.1. The van der Waals surface area contributed by atoms with E-state index in [4.69, 9.17) is 8.83 Å². The number of furan rings is 2. The number of allylic oxidation sites excluding steroid dienone is 1. The second-order valence-electron chi connectivity index (χ2n) is 15.0. The molecular formula is C56H37NO2. The standard InChI is InChI=1S/C56H37NO2/c1-3-45(55-36(2)46-14-6-8-20-52(46)58-55)38-24-30-42(31-25-38)57(44-34-28-40(29-35-44)49-18-11-19-51-50-16-7-9-21-53(50)59-56(49)51)43-32-26-39(27-33-43)48-17-10-13-41-23-22-37-12-4-5-15-47(37)54(41)48/h3-35H,1-2H2/b55-45-. The summed E-state index contributed by atoms with van der Waals surface area (Å²) in [5, 5.41) is 9.10. The Kier molecular flexibility index (Phi) is 8.13. The minimum absolute atomic E-state index is 0.734. The summed E-state index contributed by atoms with van der Waals surface area (Å²) in [5.74, 6) is 0. The molecule has 0 atom stereocenters. The molecule has 278 valence electrons. The molecule has 2 heterocycles. The first-order valence-electron chi connectivity index (χ1n) is 19.9. The van der Waals surface area contributed by atoms with Gasteiger partial charge in [-0.3, -0.25) is 0 Å². The van der Waals surface area contributed by atoms with E-state index in [9.17, 15) is 0 Å². The highest BCUT2D eigenvalue weighted by Crippen LogP contribution is 2.41. The van der Waals surface area contributed by atoms with Crippen LogP contribution in [0.1, 0.15) is 5.56 Å². The third kappa shape index (κ3) is 5.75. The van der Waals surface area contributed by atoms with Crippen LogP contribution in [0.3, 0.4) is 0 Å². The number of rotatable bonds is 7. The molecule has 0 unspecified atom stereocenters. The maximum Gasteiger partial charge on any atom is 0.143 e. The first-order valence-corrected chi connectivity index (χ1v) is 19.9. The lowest BCUT2D eigenvalue weighted by Gasteiger charge is -2.26. The van der Waals surface area contributed by atoms with Crippen molar-refractivity contribution in [3.8, 4) is 22.3 Å². The molecule has 11 aromatic rings. The predicted octanol–water partition coefficient (Wildman–Crippen LogP) is 14.2. The zero-order valence-electron chi connectivity index (χ0n) is 32.2. The van der Waals surface area contributed by atoms with Crippen LogP contribution in [0.4, 0.5) is 17.1 Å². The molecule has 0 aliphatic rings. The van der Waals surface area contributed by atoms with E-state index in [1.165, 1.54) is 32.7 Å². The Bertz CT molecular complexity index is 3520. The zero-order chi connectivity index (χ0) is 39.5. The van der Waals surface area contributed by atoms with Crippen LogP contribution in [-0.2, 0) is 0 Å². The van der Waals surface area contributed by atoms with Crippen molar-refractivity contribution in [2.45, 2.75) is 0 Å². The average Bonchev–Trinajstić information content (AvgIpc) is 3.85. The van der Waals surface area contributed by atoms with E-state index in [2.05, 4.69) is 176 Å². The van der Waals surface area contributed by atoms with E-state index in [1.54, 1.807) is 0 Å². The highest BCUT2D eigenvalue weighted by atomic mass is 16.3. The van der Waals surface area contributed by atoms with E-state index in [0.29, 0.717) is 0 Å². The SMILES string of the molecule is C=C/C(c1ccc(N(c2ccc(-c3cccc4c3oc3ccccc34)cc2)c2ccc(-c3cccc4ccc5ccccc5c34)cc2)cc1)=c1/oc2ccccc2c1=C. The lowest BCUT2D eigenvalue weighted by atomic mass is 9.93. The Morgan fingerprint density at radius 3 is 1.66 bits per heavy atom. The summed E-state index contributed by atoms with van der Waals surface area (Å²) >= 11 is 0. The Hall–Kier alpha value is -7.88. The van der Waals surface area contributed by atoms with Crippen LogP contribution >= 0.6 is 0 Å². The van der Waals surface area contributed by atoms with Gasteiger partial charge in [-0.05, 0) is 92.3 Å². The monoisotopic (exact) mass is 755 g/mol. The zero-order valence-corrected chi connectivity index (χ0v) is 32.2. The molecule has 3 heteroatoms. The molecule has 59 heavy (non-hydrogen) atoms. The van der Waals surface area contributed by atoms with E-state index in [-0.39, 0.29) is 0 Å². The molecule has 0 radical (unpaired) electrons. The van der Waals surface area contributed by atoms with Gasteiger partial charge in [-0.2, -0.15) is 0 Å². The maximum atomic E-state index is 6.42. The number of benzene rings is 9. The van der Waals surface area contributed by atoms with Crippen LogP contribution < -0.4 is 15.5 Å².